The number of pyridine rings is 1. The lowest BCUT2D eigenvalue weighted by Gasteiger charge is -2.34. The predicted octanol–water partition coefficient (Wildman–Crippen LogP) is 3.77. The molecule has 0 spiro atoms. The molecule has 3 rings (SSSR count). The third kappa shape index (κ3) is 3.11. The van der Waals surface area contributed by atoms with Crippen LogP contribution in [0.15, 0.2) is 29.6 Å². The van der Waals surface area contributed by atoms with Gasteiger partial charge in [-0.1, -0.05) is 13.0 Å². The Labute approximate surface area is 131 Å². The molecule has 1 unspecified atom stereocenters. The fraction of sp³-hybridized carbons (Fsp3) is 0.471. The van der Waals surface area contributed by atoms with Gasteiger partial charge in [0.25, 0.3) is 0 Å². The zero-order chi connectivity index (χ0) is 14.7. The predicted molar refractivity (Wildman–Crippen MR) is 90.0 cm³/mol. The van der Waals surface area contributed by atoms with E-state index in [9.17, 15) is 0 Å². The normalized spacial score (nSPS) is 17.8. The van der Waals surface area contributed by atoms with Crippen molar-refractivity contribution < 1.29 is 0 Å². The molecule has 0 fully saturated rings. The highest BCUT2D eigenvalue weighted by Gasteiger charge is 2.25. The Hall–Kier alpha value is -1.39. The topological polar surface area (TPSA) is 28.2 Å². The van der Waals surface area contributed by atoms with Crippen molar-refractivity contribution in [3.63, 3.8) is 0 Å². The largest absolute Gasteiger partial charge is 0.349 e. The molecule has 0 radical (unpaired) electrons. The summed E-state index contributed by atoms with van der Waals surface area (Å²) in [5, 5.41) is 5.64. The van der Waals surface area contributed by atoms with Crippen LogP contribution in [0.5, 0.6) is 0 Å². The van der Waals surface area contributed by atoms with E-state index in [0.717, 1.165) is 44.0 Å². The zero-order valence-corrected chi connectivity index (χ0v) is 13.6. The van der Waals surface area contributed by atoms with Gasteiger partial charge in [-0.05, 0) is 55.5 Å². The van der Waals surface area contributed by atoms with E-state index in [1.807, 2.05) is 11.3 Å². The van der Waals surface area contributed by atoms with Crippen LogP contribution in [0.4, 0.5) is 5.82 Å². The van der Waals surface area contributed by atoms with Gasteiger partial charge < -0.3 is 10.2 Å². The van der Waals surface area contributed by atoms with Crippen LogP contribution in [-0.2, 0) is 13.0 Å². The van der Waals surface area contributed by atoms with E-state index >= 15 is 0 Å². The molecular formula is C17H23N3S. The van der Waals surface area contributed by atoms with Crippen molar-refractivity contribution in [1.29, 1.82) is 0 Å². The van der Waals surface area contributed by atoms with Gasteiger partial charge in [0.2, 0.25) is 0 Å². The summed E-state index contributed by atoms with van der Waals surface area (Å²) < 4.78 is 0. The molecule has 21 heavy (non-hydrogen) atoms. The number of thiophene rings is 1. The summed E-state index contributed by atoms with van der Waals surface area (Å²) in [4.78, 5) is 8.81. The SMILES string of the molecule is CCCNCc1cccc(N2CCc3sccc3C2C)n1. The molecule has 1 N–H and O–H groups in total. The molecule has 0 aromatic carbocycles. The summed E-state index contributed by atoms with van der Waals surface area (Å²) in [7, 11) is 0. The van der Waals surface area contributed by atoms with E-state index in [2.05, 4.69) is 53.7 Å². The van der Waals surface area contributed by atoms with Gasteiger partial charge in [-0.15, -0.1) is 11.3 Å². The van der Waals surface area contributed by atoms with Crippen molar-refractivity contribution in [3.05, 3.63) is 45.8 Å². The first kappa shape index (κ1) is 14.5. The minimum Gasteiger partial charge on any atom is -0.349 e. The molecule has 1 aliphatic rings. The fourth-order valence-electron chi connectivity index (χ4n) is 2.94. The second-order valence-electron chi connectivity index (χ2n) is 5.58. The Balaban J connectivity index is 1.76. The van der Waals surface area contributed by atoms with Crippen LogP contribution >= 0.6 is 11.3 Å². The van der Waals surface area contributed by atoms with E-state index in [1.165, 1.54) is 5.56 Å². The number of nitrogens with zero attached hydrogens (tertiary/aromatic N) is 2. The molecule has 0 amide bonds. The van der Waals surface area contributed by atoms with E-state index in [4.69, 9.17) is 4.98 Å². The first-order valence-corrected chi connectivity index (χ1v) is 8.67. The maximum atomic E-state index is 4.84. The molecule has 3 heterocycles. The van der Waals surface area contributed by atoms with Crippen LogP contribution in [0.2, 0.25) is 0 Å². The highest BCUT2D eigenvalue weighted by molar-refractivity contribution is 7.10. The smallest absolute Gasteiger partial charge is 0.129 e. The lowest BCUT2D eigenvalue weighted by molar-refractivity contribution is 0.618. The third-order valence-corrected chi connectivity index (χ3v) is 5.09. The number of hydrogen-bond donors (Lipinski definition) is 1. The van der Waals surface area contributed by atoms with Crippen molar-refractivity contribution >= 4 is 17.2 Å². The average molecular weight is 301 g/mol. The van der Waals surface area contributed by atoms with Crippen LogP contribution < -0.4 is 10.2 Å². The molecule has 2 aromatic rings. The molecule has 112 valence electrons. The van der Waals surface area contributed by atoms with Gasteiger partial charge in [0.05, 0.1) is 11.7 Å². The van der Waals surface area contributed by atoms with Crippen molar-refractivity contribution in [3.8, 4) is 0 Å². The van der Waals surface area contributed by atoms with Crippen LogP contribution in [-0.4, -0.2) is 18.1 Å². The summed E-state index contributed by atoms with van der Waals surface area (Å²) in [6, 6.07) is 9.06. The molecular weight excluding hydrogens is 278 g/mol. The maximum Gasteiger partial charge on any atom is 0.129 e. The van der Waals surface area contributed by atoms with Gasteiger partial charge in [-0.2, -0.15) is 0 Å². The van der Waals surface area contributed by atoms with Gasteiger partial charge in [-0.3, -0.25) is 0 Å². The molecule has 1 atom stereocenters. The molecule has 1 aliphatic heterocycles. The van der Waals surface area contributed by atoms with Crippen LogP contribution in [0, 0.1) is 0 Å². The Kier molecular flexibility index (Phi) is 4.56. The Bertz CT molecular complexity index is 593. The second-order valence-corrected chi connectivity index (χ2v) is 6.58. The number of nitrogens with one attached hydrogen (secondary N) is 1. The molecule has 0 bridgehead atoms. The Morgan fingerprint density at radius 3 is 3.14 bits per heavy atom. The molecule has 4 heteroatoms. The number of aromatic nitrogens is 1. The summed E-state index contributed by atoms with van der Waals surface area (Å²) in [5.41, 5.74) is 2.60. The van der Waals surface area contributed by atoms with E-state index < -0.39 is 0 Å². The van der Waals surface area contributed by atoms with Crippen molar-refractivity contribution in [2.45, 2.75) is 39.3 Å². The minimum absolute atomic E-state index is 0.423. The Morgan fingerprint density at radius 2 is 2.29 bits per heavy atom. The lowest BCUT2D eigenvalue weighted by Crippen LogP contribution is -2.33. The standard InChI is InChI=1S/C17H23N3S/c1-3-9-18-12-14-5-4-6-17(19-14)20-10-7-16-15(13(20)2)8-11-21-16/h4-6,8,11,13,18H,3,7,9-10,12H2,1-2H3. The monoisotopic (exact) mass is 301 g/mol. The number of fused-ring (bicyclic) bond motifs is 1. The average Bonchev–Trinajstić information content (AvgIpc) is 2.98. The van der Waals surface area contributed by atoms with Crippen LogP contribution in [0.3, 0.4) is 0 Å². The van der Waals surface area contributed by atoms with Crippen LogP contribution in [0.25, 0.3) is 0 Å². The molecule has 0 aliphatic carbocycles. The molecule has 0 saturated heterocycles. The first-order valence-electron chi connectivity index (χ1n) is 7.79. The maximum absolute atomic E-state index is 4.84. The highest BCUT2D eigenvalue weighted by atomic mass is 32.1. The van der Waals surface area contributed by atoms with Gasteiger partial charge >= 0.3 is 0 Å². The van der Waals surface area contributed by atoms with Crippen LogP contribution in [0.1, 0.15) is 42.4 Å². The van der Waals surface area contributed by atoms with Gasteiger partial charge in [0, 0.05) is 18.0 Å². The van der Waals surface area contributed by atoms with Gasteiger partial charge in [0.1, 0.15) is 5.82 Å². The third-order valence-electron chi connectivity index (χ3n) is 4.10. The number of hydrogen-bond acceptors (Lipinski definition) is 4. The zero-order valence-electron chi connectivity index (χ0n) is 12.8. The Morgan fingerprint density at radius 1 is 1.38 bits per heavy atom. The van der Waals surface area contributed by atoms with Crippen molar-refractivity contribution in [2.75, 3.05) is 18.0 Å². The summed E-state index contributed by atoms with van der Waals surface area (Å²) in [6.07, 6.45) is 2.29. The number of rotatable bonds is 5. The minimum atomic E-state index is 0.423. The van der Waals surface area contributed by atoms with Gasteiger partial charge in [-0.25, -0.2) is 4.98 Å². The molecule has 3 nitrogen and oxygen atoms in total. The summed E-state index contributed by atoms with van der Waals surface area (Å²) in [5.74, 6) is 1.11. The molecule has 0 saturated carbocycles. The highest BCUT2D eigenvalue weighted by Crippen LogP contribution is 2.35. The second kappa shape index (κ2) is 6.58. The van der Waals surface area contributed by atoms with E-state index in [1.54, 1.807) is 4.88 Å². The van der Waals surface area contributed by atoms with Gasteiger partial charge in [0.15, 0.2) is 0 Å². The first-order chi connectivity index (χ1) is 10.3. The lowest BCUT2D eigenvalue weighted by atomic mass is 10.0. The van der Waals surface area contributed by atoms with Crippen molar-refractivity contribution in [2.24, 2.45) is 0 Å². The fourth-order valence-corrected chi connectivity index (χ4v) is 3.90. The van der Waals surface area contributed by atoms with Crippen molar-refractivity contribution in [1.82, 2.24) is 10.3 Å². The van der Waals surface area contributed by atoms with E-state index in [-0.39, 0.29) is 0 Å². The quantitative estimate of drug-likeness (QED) is 0.852. The summed E-state index contributed by atoms with van der Waals surface area (Å²) >= 11 is 1.89. The number of anilines is 1. The summed E-state index contributed by atoms with van der Waals surface area (Å²) in [6.45, 7) is 7.44. The van der Waals surface area contributed by atoms with E-state index in [0.29, 0.717) is 6.04 Å². The molecule has 2 aromatic heterocycles.